The zero-order valence-electron chi connectivity index (χ0n) is 13.6. The van der Waals surface area contributed by atoms with Gasteiger partial charge in [-0.2, -0.15) is 0 Å². The first-order valence-electron chi connectivity index (χ1n) is 8.51. The number of nitrogens with zero attached hydrogens (tertiary/aromatic N) is 3. The van der Waals surface area contributed by atoms with Crippen molar-refractivity contribution in [3.8, 4) is 0 Å². The summed E-state index contributed by atoms with van der Waals surface area (Å²) in [6.45, 7) is 11.9. The highest BCUT2D eigenvalue weighted by Crippen LogP contribution is 2.19. The molecule has 2 aliphatic heterocycles. The van der Waals surface area contributed by atoms with Crippen molar-refractivity contribution in [3.63, 3.8) is 0 Å². The maximum atomic E-state index is 4.45. The van der Waals surface area contributed by atoms with Gasteiger partial charge in [-0.05, 0) is 56.8 Å². The van der Waals surface area contributed by atoms with Gasteiger partial charge in [-0.3, -0.25) is 0 Å². The van der Waals surface area contributed by atoms with Gasteiger partial charge in [-0.25, -0.2) is 0 Å². The van der Waals surface area contributed by atoms with Gasteiger partial charge in [0.2, 0.25) is 0 Å². The molecule has 0 aliphatic carbocycles. The van der Waals surface area contributed by atoms with Gasteiger partial charge >= 0.3 is 0 Å². The molecule has 3 nitrogen and oxygen atoms in total. The monoisotopic (exact) mass is 278 g/mol. The van der Waals surface area contributed by atoms with Crippen LogP contribution in [0.25, 0.3) is 0 Å². The summed E-state index contributed by atoms with van der Waals surface area (Å²) in [7, 11) is 0. The lowest BCUT2D eigenvalue weighted by Crippen LogP contribution is -2.36. The van der Waals surface area contributed by atoms with Crippen molar-refractivity contribution in [2.45, 2.75) is 52.9 Å². The van der Waals surface area contributed by atoms with Crippen molar-refractivity contribution in [2.24, 2.45) is 22.9 Å². The number of likely N-dealkylation sites (tertiary alicyclic amines) is 1. The molecule has 3 heteroatoms. The van der Waals surface area contributed by atoms with Crippen molar-refractivity contribution >= 4 is 12.4 Å². The van der Waals surface area contributed by atoms with E-state index in [4.69, 9.17) is 0 Å². The summed E-state index contributed by atoms with van der Waals surface area (Å²) in [6, 6.07) is 0. The Bertz CT molecular complexity index is 338. The quantitative estimate of drug-likeness (QED) is 0.516. The van der Waals surface area contributed by atoms with E-state index in [9.17, 15) is 0 Å². The molecule has 1 fully saturated rings. The molecule has 0 aromatic rings. The largest absolute Gasteiger partial charge is 0.303 e. The van der Waals surface area contributed by atoms with E-state index in [1.54, 1.807) is 0 Å². The highest BCUT2D eigenvalue weighted by Gasteiger charge is 2.24. The van der Waals surface area contributed by atoms with Gasteiger partial charge in [0.15, 0.2) is 12.8 Å². The lowest BCUT2D eigenvalue weighted by atomic mass is 9.96. The van der Waals surface area contributed by atoms with Crippen molar-refractivity contribution in [3.05, 3.63) is 0 Å². The van der Waals surface area contributed by atoms with E-state index in [2.05, 4.69) is 41.7 Å². The Kier molecular flexibility index (Phi) is 6.21. The fourth-order valence-electron chi connectivity index (χ4n) is 3.19. The van der Waals surface area contributed by atoms with E-state index in [-0.39, 0.29) is 0 Å². The van der Waals surface area contributed by atoms with Crippen molar-refractivity contribution in [1.29, 1.82) is 0 Å². The molecule has 0 N–H and O–H groups in total. The SMILES string of the molecule is CC1C=N[N+](CC2CCN(CCCCC(C)C)CC2)=C1. The first-order valence-corrected chi connectivity index (χ1v) is 8.51. The second-order valence-corrected chi connectivity index (χ2v) is 7.07. The molecule has 20 heavy (non-hydrogen) atoms. The van der Waals surface area contributed by atoms with Gasteiger partial charge in [-0.1, -0.05) is 31.4 Å². The van der Waals surface area contributed by atoms with Gasteiger partial charge in [0.05, 0.1) is 12.1 Å². The van der Waals surface area contributed by atoms with Crippen LogP contribution in [0.2, 0.25) is 0 Å². The minimum atomic E-state index is 0.524. The summed E-state index contributed by atoms with van der Waals surface area (Å²) in [6.07, 6.45) is 11.1. The minimum absolute atomic E-state index is 0.524. The number of hydrogen-bond acceptors (Lipinski definition) is 2. The second-order valence-electron chi connectivity index (χ2n) is 7.07. The summed E-state index contributed by atoms with van der Waals surface area (Å²) >= 11 is 0. The van der Waals surface area contributed by atoms with Crippen molar-refractivity contribution < 1.29 is 4.68 Å². The summed E-state index contributed by atoms with van der Waals surface area (Å²) in [4.78, 5) is 2.66. The van der Waals surface area contributed by atoms with E-state index in [1.165, 1.54) is 51.7 Å². The third-order valence-electron chi connectivity index (χ3n) is 4.52. The number of unbranched alkanes of at least 4 members (excludes halogenated alkanes) is 1. The van der Waals surface area contributed by atoms with Gasteiger partial charge in [-0.15, -0.1) is 0 Å². The Labute approximate surface area is 124 Å². The third kappa shape index (κ3) is 5.35. The first kappa shape index (κ1) is 15.7. The van der Waals surface area contributed by atoms with E-state index < -0.39 is 0 Å². The Morgan fingerprint density at radius 2 is 2.00 bits per heavy atom. The van der Waals surface area contributed by atoms with Crippen LogP contribution in [0.4, 0.5) is 0 Å². The van der Waals surface area contributed by atoms with Crippen molar-refractivity contribution in [1.82, 2.24) is 4.90 Å². The zero-order valence-corrected chi connectivity index (χ0v) is 13.6. The Hall–Kier alpha value is -0.700. The molecule has 0 radical (unpaired) electrons. The lowest BCUT2D eigenvalue weighted by Gasteiger charge is -2.30. The summed E-state index contributed by atoms with van der Waals surface area (Å²) < 4.78 is 2.16. The topological polar surface area (TPSA) is 18.6 Å². The van der Waals surface area contributed by atoms with Gasteiger partial charge in [0.1, 0.15) is 0 Å². The van der Waals surface area contributed by atoms with Crippen LogP contribution in [0.15, 0.2) is 5.10 Å². The maximum Gasteiger partial charge on any atom is 0.181 e. The van der Waals surface area contributed by atoms with Crippen LogP contribution in [0, 0.1) is 17.8 Å². The van der Waals surface area contributed by atoms with E-state index in [1.807, 2.05) is 6.21 Å². The zero-order chi connectivity index (χ0) is 14.4. The highest BCUT2D eigenvalue weighted by molar-refractivity contribution is 5.82. The first-order chi connectivity index (χ1) is 9.63. The fourth-order valence-corrected chi connectivity index (χ4v) is 3.19. The van der Waals surface area contributed by atoms with Crippen LogP contribution < -0.4 is 0 Å². The average Bonchev–Trinajstić information content (AvgIpc) is 2.82. The van der Waals surface area contributed by atoms with Crippen LogP contribution >= 0.6 is 0 Å². The van der Waals surface area contributed by atoms with Gasteiger partial charge in [0, 0.05) is 5.92 Å². The smallest absolute Gasteiger partial charge is 0.181 e. The molecule has 1 saturated heterocycles. The molecule has 0 aromatic heterocycles. The number of piperidine rings is 1. The second kappa shape index (κ2) is 7.92. The lowest BCUT2D eigenvalue weighted by molar-refractivity contribution is -0.534. The Morgan fingerprint density at radius 1 is 1.25 bits per heavy atom. The molecular weight excluding hydrogens is 246 g/mol. The molecule has 2 rings (SSSR count). The molecule has 0 spiro atoms. The standard InChI is InChI=1S/C17H32N3/c1-15(2)6-4-5-9-19-10-7-17(8-11-19)14-20-13-16(3)12-18-20/h12-13,15-17H,4-11,14H2,1-3H3/q+1. The van der Waals surface area contributed by atoms with E-state index in [0.717, 1.165) is 18.4 Å². The maximum absolute atomic E-state index is 4.45. The van der Waals surface area contributed by atoms with E-state index in [0.29, 0.717) is 5.92 Å². The predicted octanol–water partition coefficient (Wildman–Crippen LogP) is 3.24. The van der Waals surface area contributed by atoms with Crippen LogP contribution in [0.1, 0.15) is 52.9 Å². The Balaban J connectivity index is 1.58. The summed E-state index contributed by atoms with van der Waals surface area (Å²) in [5.41, 5.74) is 0. The van der Waals surface area contributed by atoms with Gasteiger partial charge in [0.25, 0.3) is 0 Å². The van der Waals surface area contributed by atoms with Crippen LogP contribution in [-0.4, -0.2) is 48.2 Å². The van der Waals surface area contributed by atoms with Crippen molar-refractivity contribution in [2.75, 3.05) is 26.2 Å². The molecule has 0 saturated carbocycles. The normalized spacial score (nSPS) is 24.6. The summed E-state index contributed by atoms with van der Waals surface area (Å²) in [5, 5.41) is 4.45. The molecule has 0 amide bonds. The molecule has 1 atom stereocenters. The number of hydrogen-bond donors (Lipinski definition) is 0. The molecule has 114 valence electrons. The van der Waals surface area contributed by atoms with Crippen LogP contribution in [0.3, 0.4) is 0 Å². The molecule has 2 aliphatic rings. The van der Waals surface area contributed by atoms with Crippen LogP contribution in [0.5, 0.6) is 0 Å². The molecular formula is C17H32N3+. The third-order valence-corrected chi connectivity index (χ3v) is 4.52. The van der Waals surface area contributed by atoms with Gasteiger partial charge < -0.3 is 4.90 Å². The van der Waals surface area contributed by atoms with Crippen LogP contribution in [-0.2, 0) is 0 Å². The summed E-state index contributed by atoms with van der Waals surface area (Å²) in [5.74, 6) is 2.22. The Morgan fingerprint density at radius 3 is 2.60 bits per heavy atom. The molecule has 0 aromatic carbocycles. The number of hydrazone groups is 1. The minimum Gasteiger partial charge on any atom is -0.303 e. The van der Waals surface area contributed by atoms with E-state index >= 15 is 0 Å². The highest BCUT2D eigenvalue weighted by atomic mass is 15.4. The predicted molar refractivity (Wildman–Crippen MR) is 86.7 cm³/mol. The molecule has 0 bridgehead atoms. The average molecular weight is 278 g/mol. The molecule has 2 heterocycles. The molecule has 1 unspecified atom stereocenters. The fraction of sp³-hybridized carbons (Fsp3) is 0.882. The number of rotatable bonds is 7.